The number of oxime groups is 1. The second-order valence-electron chi connectivity index (χ2n) is 5.89. The number of nitrogens with zero attached hydrogens (tertiary/aromatic N) is 1. The Morgan fingerprint density at radius 1 is 1.42 bits per heavy atom. The van der Waals surface area contributed by atoms with Gasteiger partial charge in [0.15, 0.2) is 0 Å². The quantitative estimate of drug-likeness (QED) is 0.161. The Labute approximate surface area is 113 Å². The summed E-state index contributed by atoms with van der Waals surface area (Å²) in [6.45, 7) is 1.73. The minimum Gasteiger partial charge on any atom is -0.409 e. The third-order valence-corrected chi connectivity index (χ3v) is 3.84. The van der Waals surface area contributed by atoms with E-state index in [1.54, 1.807) is 0 Å². The van der Waals surface area contributed by atoms with Crippen molar-refractivity contribution in [1.82, 2.24) is 10.6 Å². The summed E-state index contributed by atoms with van der Waals surface area (Å²) in [6.07, 6.45) is 6.63. The van der Waals surface area contributed by atoms with Crippen molar-refractivity contribution in [2.24, 2.45) is 16.3 Å². The highest BCUT2D eigenvalue weighted by Gasteiger charge is 2.42. The van der Waals surface area contributed by atoms with Crippen LogP contribution in [0.1, 0.15) is 44.9 Å². The molecule has 5 N–H and O–H groups in total. The molecule has 0 unspecified atom stereocenters. The molecule has 108 valence electrons. The van der Waals surface area contributed by atoms with Crippen LogP contribution in [0.2, 0.25) is 0 Å². The van der Waals surface area contributed by atoms with Gasteiger partial charge in [0.1, 0.15) is 5.84 Å². The van der Waals surface area contributed by atoms with Crippen molar-refractivity contribution in [2.45, 2.75) is 51.0 Å². The Bertz CT molecular complexity index is 349. The van der Waals surface area contributed by atoms with E-state index in [-0.39, 0.29) is 11.3 Å². The number of nitrogens with one attached hydrogen (secondary N) is 2. The van der Waals surface area contributed by atoms with Crippen LogP contribution in [0.15, 0.2) is 5.16 Å². The Hall–Kier alpha value is -1.30. The van der Waals surface area contributed by atoms with Gasteiger partial charge in [0.2, 0.25) is 5.91 Å². The zero-order valence-electron chi connectivity index (χ0n) is 11.3. The summed E-state index contributed by atoms with van der Waals surface area (Å²) in [4.78, 5) is 11.5. The predicted octanol–water partition coefficient (Wildman–Crippen LogP) is 0.551. The molecule has 0 radical (unpaired) electrons. The van der Waals surface area contributed by atoms with E-state index in [1.165, 1.54) is 0 Å². The zero-order valence-corrected chi connectivity index (χ0v) is 11.3. The first kappa shape index (κ1) is 14.1. The van der Waals surface area contributed by atoms with Crippen LogP contribution in [0.3, 0.4) is 0 Å². The summed E-state index contributed by atoms with van der Waals surface area (Å²) >= 11 is 0. The molecule has 6 nitrogen and oxygen atoms in total. The number of carbonyl (C=O) groups excluding carboxylic acids is 1. The second kappa shape index (κ2) is 6.23. The molecule has 0 aromatic rings. The fourth-order valence-corrected chi connectivity index (χ4v) is 2.27. The highest BCUT2D eigenvalue weighted by Crippen LogP contribution is 2.48. The summed E-state index contributed by atoms with van der Waals surface area (Å²) in [7, 11) is 0. The lowest BCUT2D eigenvalue weighted by Gasteiger charge is -2.14. The molecule has 2 aliphatic rings. The van der Waals surface area contributed by atoms with Crippen molar-refractivity contribution in [3.05, 3.63) is 0 Å². The molecule has 2 rings (SSSR count). The third-order valence-electron chi connectivity index (χ3n) is 3.84. The highest BCUT2D eigenvalue weighted by atomic mass is 16.4. The first-order valence-electron chi connectivity index (χ1n) is 7.10. The smallest absolute Gasteiger partial charge is 0.220 e. The second-order valence-corrected chi connectivity index (χ2v) is 5.89. The van der Waals surface area contributed by atoms with E-state index in [0.717, 1.165) is 45.2 Å². The minimum atomic E-state index is 0.169. The summed E-state index contributed by atoms with van der Waals surface area (Å²) < 4.78 is 0. The largest absolute Gasteiger partial charge is 0.409 e. The molecule has 1 amide bonds. The van der Waals surface area contributed by atoms with Crippen molar-refractivity contribution in [1.29, 1.82) is 0 Å². The van der Waals surface area contributed by atoms with E-state index < -0.39 is 0 Å². The van der Waals surface area contributed by atoms with E-state index in [4.69, 9.17) is 10.9 Å². The first-order valence-corrected chi connectivity index (χ1v) is 7.10. The Kier molecular flexibility index (Phi) is 4.63. The number of hydrogen-bond donors (Lipinski definition) is 4. The van der Waals surface area contributed by atoms with E-state index in [2.05, 4.69) is 15.8 Å². The van der Waals surface area contributed by atoms with Crippen LogP contribution in [0.25, 0.3) is 0 Å². The van der Waals surface area contributed by atoms with Crippen LogP contribution in [-0.2, 0) is 4.79 Å². The minimum absolute atomic E-state index is 0.169. The maximum atomic E-state index is 11.5. The monoisotopic (exact) mass is 268 g/mol. The summed E-state index contributed by atoms with van der Waals surface area (Å²) in [5.41, 5.74) is 5.73. The number of amides is 1. The van der Waals surface area contributed by atoms with Crippen molar-refractivity contribution in [3.63, 3.8) is 0 Å². The molecule has 0 saturated heterocycles. The van der Waals surface area contributed by atoms with Crippen molar-refractivity contribution < 1.29 is 10.0 Å². The molecular formula is C13H24N4O2. The van der Waals surface area contributed by atoms with Gasteiger partial charge in [-0.25, -0.2) is 0 Å². The Balaban J connectivity index is 1.50. The first-order chi connectivity index (χ1) is 9.13. The van der Waals surface area contributed by atoms with Crippen LogP contribution in [0.4, 0.5) is 0 Å². The van der Waals surface area contributed by atoms with Crippen molar-refractivity contribution in [2.75, 3.05) is 13.1 Å². The average Bonchev–Trinajstić information content (AvgIpc) is 3.27. The van der Waals surface area contributed by atoms with Crippen LogP contribution in [0, 0.1) is 5.41 Å². The predicted molar refractivity (Wildman–Crippen MR) is 73.0 cm³/mol. The maximum Gasteiger partial charge on any atom is 0.220 e. The maximum absolute atomic E-state index is 11.5. The summed E-state index contributed by atoms with van der Waals surface area (Å²) in [5, 5.41) is 18.0. The average molecular weight is 268 g/mol. The summed E-state index contributed by atoms with van der Waals surface area (Å²) in [5.74, 6) is 0.477. The fraction of sp³-hybridized carbons (Fsp3) is 0.846. The van der Waals surface area contributed by atoms with Gasteiger partial charge in [0.25, 0.3) is 0 Å². The van der Waals surface area contributed by atoms with Crippen LogP contribution in [0.5, 0.6) is 0 Å². The molecule has 2 aliphatic carbocycles. The molecular weight excluding hydrogens is 244 g/mol. The van der Waals surface area contributed by atoms with Gasteiger partial charge in [-0.3, -0.25) is 4.79 Å². The Morgan fingerprint density at radius 3 is 2.74 bits per heavy atom. The van der Waals surface area contributed by atoms with E-state index >= 15 is 0 Å². The lowest BCUT2D eigenvalue weighted by molar-refractivity contribution is -0.121. The molecule has 0 atom stereocenters. The van der Waals surface area contributed by atoms with Crippen molar-refractivity contribution in [3.8, 4) is 0 Å². The number of hydrogen-bond acceptors (Lipinski definition) is 4. The van der Waals surface area contributed by atoms with Gasteiger partial charge in [-0.1, -0.05) is 5.16 Å². The fourth-order valence-electron chi connectivity index (χ4n) is 2.27. The third kappa shape index (κ3) is 5.06. The van der Waals surface area contributed by atoms with Gasteiger partial charge in [-0.2, -0.15) is 0 Å². The van der Waals surface area contributed by atoms with Gasteiger partial charge < -0.3 is 21.6 Å². The van der Waals surface area contributed by atoms with E-state index in [9.17, 15) is 4.79 Å². The molecule has 0 bridgehead atoms. The molecule has 0 spiro atoms. The SMILES string of the molecule is NC(CC1(CNCCCC(=O)NC2CC2)CC1)=NO. The zero-order chi connectivity index (χ0) is 13.7. The molecule has 6 heteroatoms. The molecule has 0 aromatic carbocycles. The molecule has 0 aromatic heterocycles. The summed E-state index contributed by atoms with van der Waals surface area (Å²) in [6, 6.07) is 0.455. The van der Waals surface area contributed by atoms with E-state index in [1.807, 2.05) is 0 Å². The highest BCUT2D eigenvalue weighted by molar-refractivity contribution is 5.80. The lowest BCUT2D eigenvalue weighted by Crippen LogP contribution is -2.30. The molecule has 2 fully saturated rings. The molecule has 2 saturated carbocycles. The van der Waals surface area contributed by atoms with Gasteiger partial charge in [0, 0.05) is 25.4 Å². The van der Waals surface area contributed by atoms with Gasteiger partial charge >= 0.3 is 0 Å². The van der Waals surface area contributed by atoms with Crippen LogP contribution < -0.4 is 16.4 Å². The standard InChI is InChI=1S/C13H24N4O2/c14-11(17-19)8-13(5-6-13)9-15-7-1-2-12(18)16-10-3-4-10/h10,15,19H,1-9H2,(H2,14,17)(H,16,18). The number of amidine groups is 1. The number of carbonyl (C=O) groups is 1. The van der Waals surface area contributed by atoms with E-state index in [0.29, 0.717) is 24.7 Å². The molecule has 19 heavy (non-hydrogen) atoms. The molecule has 0 heterocycles. The molecule has 0 aliphatic heterocycles. The van der Waals surface area contributed by atoms with Gasteiger partial charge in [-0.15, -0.1) is 0 Å². The topological polar surface area (TPSA) is 99.7 Å². The normalized spacial score (nSPS) is 21.2. The van der Waals surface area contributed by atoms with Gasteiger partial charge in [0.05, 0.1) is 0 Å². The van der Waals surface area contributed by atoms with Gasteiger partial charge in [-0.05, 0) is 44.1 Å². The lowest BCUT2D eigenvalue weighted by atomic mass is 10.0. The van der Waals surface area contributed by atoms with Crippen molar-refractivity contribution >= 4 is 11.7 Å². The number of nitrogens with two attached hydrogens (primary N) is 1. The van der Waals surface area contributed by atoms with Crippen LogP contribution in [-0.4, -0.2) is 36.1 Å². The van der Waals surface area contributed by atoms with Crippen LogP contribution >= 0.6 is 0 Å². The number of rotatable bonds is 9. The Morgan fingerprint density at radius 2 is 2.16 bits per heavy atom.